The Kier molecular flexibility index (Phi) is 5.21. The van der Waals surface area contributed by atoms with Crippen molar-refractivity contribution >= 4 is 27.6 Å². The van der Waals surface area contributed by atoms with Crippen LogP contribution in [0.1, 0.15) is 18.9 Å². The highest BCUT2D eigenvalue weighted by Gasteiger charge is 2.11. The summed E-state index contributed by atoms with van der Waals surface area (Å²) in [5.41, 5.74) is 1.31. The van der Waals surface area contributed by atoms with Crippen LogP contribution in [0.4, 0.5) is 4.39 Å². The average molecular weight is 356 g/mol. The van der Waals surface area contributed by atoms with E-state index in [4.69, 9.17) is 4.84 Å². The molecule has 0 saturated heterocycles. The lowest BCUT2D eigenvalue weighted by Gasteiger charge is -2.13. The second-order valence-corrected chi connectivity index (χ2v) is 6.22. The van der Waals surface area contributed by atoms with Crippen molar-refractivity contribution in [3.63, 3.8) is 0 Å². The zero-order valence-corrected chi connectivity index (χ0v) is 14.3. The van der Waals surface area contributed by atoms with Crippen LogP contribution in [0, 0.1) is 5.82 Å². The summed E-state index contributed by atoms with van der Waals surface area (Å²) in [6.45, 7) is 1.89. The zero-order valence-electron chi connectivity index (χ0n) is 13.4. The van der Waals surface area contributed by atoms with Crippen molar-refractivity contribution in [2.45, 2.75) is 18.2 Å². The largest absolute Gasteiger partial charge is 0.768 e. The van der Waals surface area contributed by atoms with Gasteiger partial charge in [-0.1, -0.05) is 54.5 Å². The van der Waals surface area contributed by atoms with Gasteiger partial charge in [-0.15, -0.1) is 0 Å². The molecule has 0 heterocycles. The van der Waals surface area contributed by atoms with Gasteiger partial charge in [-0.25, -0.2) is 4.39 Å². The molecule has 3 rings (SSSR count). The number of hydrogen-bond donors (Lipinski definition) is 0. The SMILES string of the molecule is CCC(=NOc1ccc2ccccc2c1S(=O)[O-])c1ccc(F)cc1. The predicted molar refractivity (Wildman–Crippen MR) is 95.0 cm³/mol. The number of fused-ring (bicyclic) bond motifs is 1. The maximum Gasteiger partial charge on any atom is 0.173 e. The number of rotatable bonds is 5. The number of hydrogen-bond acceptors (Lipinski definition) is 4. The normalized spacial score (nSPS) is 13.0. The van der Waals surface area contributed by atoms with Gasteiger partial charge < -0.3 is 9.39 Å². The van der Waals surface area contributed by atoms with Gasteiger partial charge in [-0.05, 0) is 46.7 Å². The molecule has 4 nitrogen and oxygen atoms in total. The Hall–Kier alpha value is -2.57. The van der Waals surface area contributed by atoms with Gasteiger partial charge in [0, 0.05) is 5.39 Å². The molecular weight excluding hydrogens is 341 g/mol. The van der Waals surface area contributed by atoms with Gasteiger partial charge in [0.1, 0.15) is 5.82 Å². The Morgan fingerprint density at radius 3 is 2.52 bits per heavy atom. The Labute approximate surface area is 147 Å². The molecule has 3 aromatic rings. The molecule has 128 valence electrons. The lowest BCUT2D eigenvalue weighted by Crippen LogP contribution is -2.03. The third-order valence-corrected chi connectivity index (χ3v) is 4.53. The van der Waals surface area contributed by atoms with E-state index < -0.39 is 11.1 Å². The molecule has 0 bridgehead atoms. The van der Waals surface area contributed by atoms with Crippen LogP contribution >= 0.6 is 0 Å². The smallest absolute Gasteiger partial charge is 0.173 e. The van der Waals surface area contributed by atoms with Crippen LogP contribution in [0.5, 0.6) is 5.75 Å². The number of halogens is 1. The van der Waals surface area contributed by atoms with Crippen molar-refractivity contribution < 1.29 is 18.0 Å². The highest BCUT2D eigenvalue weighted by Crippen LogP contribution is 2.30. The van der Waals surface area contributed by atoms with E-state index in [2.05, 4.69) is 5.16 Å². The summed E-state index contributed by atoms with van der Waals surface area (Å²) >= 11 is -2.47. The zero-order chi connectivity index (χ0) is 17.8. The number of benzene rings is 3. The molecule has 6 heteroatoms. The first kappa shape index (κ1) is 17.3. The summed E-state index contributed by atoms with van der Waals surface area (Å²) in [7, 11) is 0. The molecule has 1 unspecified atom stereocenters. The fourth-order valence-corrected chi connectivity index (χ4v) is 3.17. The summed E-state index contributed by atoms with van der Waals surface area (Å²) in [6.07, 6.45) is 0.551. The van der Waals surface area contributed by atoms with Crippen molar-refractivity contribution in [2.75, 3.05) is 0 Å². The Morgan fingerprint density at radius 2 is 1.84 bits per heavy atom. The summed E-state index contributed by atoms with van der Waals surface area (Å²) < 4.78 is 36.4. The van der Waals surface area contributed by atoms with E-state index in [0.29, 0.717) is 17.5 Å². The van der Waals surface area contributed by atoms with Crippen molar-refractivity contribution in [3.8, 4) is 5.75 Å². The topological polar surface area (TPSA) is 61.7 Å². The standard InChI is InChI=1S/C19H16FNO3S/c1-2-17(14-7-10-15(20)11-8-14)21-24-18-12-9-13-5-3-4-6-16(13)19(18)25(22)23/h3-12H,2H2,1H3,(H,22,23)/p-1. The molecular formula is C19H15FNO3S-. The van der Waals surface area contributed by atoms with E-state index in [1.807, 2.05) is 19.1 Å². The van der Waals surface area contributed by atoms with Crippen LogP contribution in [0.3, 0.4) is 0 Å². The Morgan fingerprint density at radius 1 is 1.12 bits per heavy atom. The van der Waals surface area contributed by atoms with Crippen molar-refractivity contribution in [1.29, 1.82) is 0 Å². The van der Waals surface area contributed by atoms with Crippen LogP contribution in [0.15, 0.2) is 70.7 Å². The molecule has 0 aromatic heterocycles. The minimum absolute atomic E-state index is 0.0661. The lowest BCUT2D eigenvalue weighted by molar-refractivity contribution is 0.331. The van der Waals surface area contributed by atoms with E-state index in [1.165, 1.54) is 12.1 Å². The quantitative estimate of drug-likeness (QED) is 0.386. The molecule has 0 aliphatic heterocycles. The molecule has 0 aliphatic rings. The van der Waals surface area contributed by atoms with E-state index in [1.54, 1.807) is 36.4 Å². The van der Waals surface area contributed by atoms with Crippen LogP contribution in [-0.4, -0.2) is 14.5 Å². The first-order valence-electron chi connectivity index (χ1n) is 7.71. The van der Waals surface area contributed by atoms with E-state index in [-0.39, 0.29) is 16.5 Å². The van der Waals surface area contributed by atoms with Crippen LogP contribution < -0.4 is 4.84 Å². The fraction of sp³-hybridized carbons (Fsp3) is 0.105. The minimum Gasteiger partial charge on any atom is -0.768 e. The van der Waals surface area contributed by atoms with Gasteiger partial charge in [0.2, 0.25) is 0 Å². The first-order valence-corrected chi connectivity index (χ1v) is 8.78. The third kappa shape index (κ3) is 3.75. The monoisotopic (exact) mass is 356 g/mol. The summed E-state index contributed by atoms with van der Waals surface area (Å²) in [6, 6.07) is 16.4. The molecule has 0 N–H and O–H groups in total. The molecule has 0 fully saturated rings. The summed E-state index contributed by atoms with van der Waals surface area (Å²) in [5, 5.41) is 5.45. The molecule has 3 aromatic carbocycles. The molecule has 0 spiro atoms. The maximum atomic E-state index is 13.1. The van der Waals surface area contributed by atoms with Gasteiger partial charge in [0.05, 0.1) is 10.6 Å². The van der Waals surface area contributed by atoms with Crippen molar-refractivity contribution in [2.24, 2.45) is 5.16 Å². The van der Waals surface area contributed by atoms with Crippen LogP contribution in [-0.2, 0) is 11.1 Å². The third-order valence-electron chi connectivity index (χ3n) is 3.78. The fourth-order valence-electron chi connectivity index (χ4n) is 2.53. The lowest BCUT2D eigenvalue weighted by atomic mass is 10.1. The first-order chi connectivity index (χ1) is 12.1. The highest BCUT2D eigenvalue weighted by molar-refractivity contribution is 7.79. The van der Waals surface area contributed by atoms with Gasteiger partial charge in [-0.3, -0.25) is 4.21 Å². The van der Waals surface area contributed by atoms with Gasteiger partial charge in [0.25, 0.3) is 0 Å². The van der Waals surface area contributed by atoms with Crippen molar-refractivity contribution in [3.05, 3.63) is 72.0 Å². The van der Waals surface area contributed by atoms with Crippen LogP contribution in [0.2, 0.25) is 0 Å². The number of oxime groups is 1. The van der Waals surface area contributed by atoms with E-state index >= 15 is 0 Å². The maximum absolute atomic E-state index is 13.1. The molecule has 0 amide bonds. The van der Waals surface area contributed by atoms with Gasteiger partial charge >= 0.3 is 0 Å². The summed E-state index contributed by atoms with van der Waals surface area (Å²) in [5.74, 6) is -0.182. The van der Waals surface area contributed by atoms with Crippen molar-refractivity contribution in [1.82, 2.24) is 0 Å². The predicted octanol–water partition coefficient (Wildman–Crippen LogP) is 4.41. The molecule has 0 saturated carbocycles. The van der Waals surface area contributed by atoms with E-state index in [0.717, 1.165) is 10.9 Å². The molecule has 1 atom stereocenters. The van der Waals surface area contributed by atoms with Crippen LogP contribution in [0.25, 0.3) is 10.8 Å². The molecule has 25 heavy (non-hydrogen) atoms. The van der Waals surface area contributed by atoms with Gasteiger partial charge in [0.15, 0.2) is 5.75 Å². The Balaban J connectivity index is 2.00. The molecule has 0 aliphatic carbocycles. The average Bonchev–Trinajstić information content (AvgIpc) is 2.63. The number of nitrogens with zero attached hydrogens (tertiary/aromatic N) is 1. The molecule has 0 radical (unpaired) electrons. The summed E-state index contributed by atoms with van der Waals surface area (Å²) in [4.78, 5) is 5.51. The second kappa shape index (κ2) is 7.55. The second-order valence-electron chi connectivity index (χ2n) is 5.34. The van der Waals surface area contributed by atoms with Gasteiger partial charge in [-0.2, -0.15) is 0 Å². The Bertz CT molecular complexity index is 955. The van der Waals surface area contributed by atoms with E-state index in [9.17, 15) is 13.2 Å². The highest BCUT2D eigenvalue weighted by atomic mass is 32.2. The minimum atomic E-state index is -2.47.